The van der Waals surface area contributed by atoms with Crippen molar-refractivity contribution in [2.24, 2.45) is 0 Å². The molecule has 0 radical (unpaired) electrons. The number of aromatic nitrogens is 1. The van der Waals surface area contributed by atoms with Crippen LogP contribution in [0.5, 0.6) is 0 Å². The van der Waals surface area contributed by atoms with Crippen molar-refractivity contribution in [2.75, 3.05) is 13.6 Å². The minimum absolute atomic E-state index is 1.00. The Bertz CT molecular complexity index is 398. The summed E-state index contributed by atoms with van der Waals surface area (Å²) in [5, 5.41) is 1.30. The van der Waals surface area contributed by atoms with E-state index in [1.165, 1.54) is 23.0 Å². The Labute approximate surface area is 105 Å². The third-order valence-electron chi connectivity index (χ3n) is 2.63. The molecule has 0 spiro atoms. The molecule has 0 aliphatic rings. The fourth-order valence-corrected chi connectivity index (χ4v) is 1.97. The third kappa shape index (κ3) is 3.90. The summed E-state index contributed by atoms with van der Waals surface area (Å²) in [7, 11) is 2.16. The third-order valence-corrected chi connectivity index (χ3v) is 2.63. The van der Waals surface area contributed by atoms with Crippen LogP contribution in [0.25, 0.3) is 10.9 Å². The maximum atomic E-state index is 3.44. The van der Waals surface area contributed by atoms with Crippen LogP contribution < -0.4 is 0 Å². The first kappa shape index (κ1) is 13.8. The average molecular weight is 232 g/mol. The summed E-state index contributed by atoms with van der Waals surface area (Å²) in [4.78, 5) is 5.78. The van der Waals surface area contributed by atoms with Crippen LogP contribution in [0.1, 0.15) is 32.9 Å². The Morgan fingerprint density at radius 3 is 2.53 bits per heavy atom. The van der Waals surface area contributed by atoms with E-state index >= 15 is 0 Å². The van der Waals surface area contributed by atoms with Crippen molar-refractivity contribution >= 4 is 10.9 Å². The van der Waals surface area contributed by atoms with Gasteiger partial charge in [0, 0.05) is 17.8 Å². The Balaban J connectivity index is 0.000000686. The summed E-state index contributed by atoms with van der Waals surface area (Å²) in [6.45, 7) is 8.36. The second-order valence-electron chi connectivity index (χ2n) is 4.12. The summed E-state index contributed by atoms with van der Waals surface area (Å²) in [5.74, 6) is 0. The molecule has 0 aliphatic heterocycles. The molecule has 2 rings (SSSR count). The van der Waals surface area contributed by atoms with Gasteiger partial charge in [0.25, 0.3) is 0 Å². The highest BCUT2D eigenvalue weighted by atomic mass is 15.1. The molecule has 1 aromatic carbocycles. The molecule has 2 heteroatoms. The van der Waals surface area contributed by atoms with Gasteiger partial charge in [-0.05, 0) is 37.5 Å². The second kappa shape index (κ2) is 7.13. The number of rotatable bonds is 4. The first-order valence-corrected chi connectivity index (χ1v) is 6.55. The Morgan fingerprint density at radius 1 is 1.18 bits per heavy atom. The molecule has 0 saturated carbocycles. The first-order valence-electron chi connectivity index (χ1n) is 6.55. The number of para-hydroxylation sites is 1. The lowest BCUT2D eigenvalue weighted by Gasteiger charge is -2.13. The van der Waals surface area contributed by atoms with E-state index in [-0.39, 0.29) is 0 Å². The topological polar surface area (TPSA) is 19.0 Å². The number of nitrogens with zero attached hydrogens (tertiary/aromatic N) is 1. The van der Waals surface area contributed by atoms with Crippen LogP contribution in [0.3, 0.4) is 0 Å². The van der Waals surface area contributed by atoms with Gasteiger partial charge in [-0.1, -0.05) is 39.0 Å². The van der Waals surface area contributed by atoms with Crippen LogP contribution in [0.4, 0.5) is 0 Å². The molecule has 0 saturated heterocycles. The zero-order valence-electron chi connectivity index (χ0n) is 11.5. The van der Waals surface area contributed by atoms with Crippen molar-refractivity contribution in [1.82, 2.24) is 9.88 Å². The largest absolute Gasteiger partial charge is 0.357 e. The highest BCUT2D eigenvalue weighted by Crippen LogP contribution is 2.15. The molecule has 17 heavy (non-hydrogen) atoms. The molecule has 0 aliphatic carbocycles. The first-order chi connectivity index (χ1) is 8.29. The minimum Gasteiger partial charge on any atom is -0.357 e. The quantitative estimate of drug-likeness (QED) is 0.843. The Hall–Kier alpha value is -1.28. The molecule has 1 heterocycles. The molecule has 0 fully saturated rings. The van der Waals surface area contributed by atoms with Gasteiger partial charge in [-0.25, -0.2) is 0 Å². The lowest BCUT2D eigenvalue weighted by atomic mass is 10.2. The van der Waals surface area contributed by atoms with Gasteiger partial charge in [-0.15, -0.1) is 0 Å². The van der Waals surface area contributed by atoms with Gasteiger partial charge in [-0.3, -0.25) is 0 Å². The minimum atomic E-state index is 1.00. The molecule has 1 aromatic heterocycles. The van der Waals surface area contributed by atoms with Crippen LogP contribution in [0.2, 0.25) is 0 Å². The molecular weight excluding hydrogens is 208 g/mol. The Morgan fingerprint density at radius 2 is 1.88 bits per heavy atom. The fourth-order valence-electron chi connectivity index (χ4n) is 1.97. The van der Waals surface area contributed by atoms with E-state index in [1.807, 2.05) is 13.8 Å². The molecule has 2 nitrogen and oxygen atoms in total. The van der Waals surface area contributed by atoms with E-state index in [0.717, 1.165) is 13.1 Å². The van der Waals surface area contributed by atoms with Gasteiger partial charge in [-0.2, -0.15) is 0 Å². The van der Waals surface area contributed by atoms with E-state index in [0.29, 0.717) is 0 Å². The summed E-state index contributed by atoms with van der Waals surface area (Å²) in [6.07, 6.45) is 1.21. The average Bonchev–Trinajstić information content (AvgIpc) is 2.73. The smallest absolute Gasteiger partial charge is 0.0456 e. The van der Waals surface area contributed by atoms with E-state index in [9.17, 15) is 0 Å². The standard InChI is InChI=1S/C13H18N2.C2H6/c1-3-8-15(2)10-12-9-11-6-4-5-7-13(11)14-12;1-2/h4-7,9,14H,3,8,10H2,1-2H3;1-2H3. The van der Waals surface area contributed by atoms with E-state index in [1.54, 1.807) is 0 Å². The zero-order chi connectivity index (χ0) is 12.7. The van der Waals surface area contributed by atoms with Crippen LogP contribution in [0.15, 0.2) is 30.3 Å². The van der Waals surface area contributed by atoms with Gasteiger partial charge < -0.3 is 9.88 Å². The lowest BCUT2D eigenvalue weighted by molar-refractivity contribution is 0.324. The van der Waals surface area contributed by atoms with Crippen molar-refractivity contribution in [3.8, 4) is 0 Å². The number of fused-ring (bicyclic) bond motifs is 1. The van der Waals surface area contributed by atoms with Crippen LogP contribution in [0, 0.1) is 0 Å². The van der Waals surface area contributed by atoms with Crippen molar-refractivity contribution < 1.29 is 0 Å². The fraction of sp³-hybridized carbons (Fsp3) is 0.467. The maximum absolute atomic E-state index is 3.44. The van der Waals surface area contributed by atoms with Gasteiger partial charge in [0.1, 0.15) is 0 Å². The summed E-state index contributed by atoms with van der Waals surface area (Å²) in [5.41, 5.74) is 2.53. The SMILES string of the molecule is CC.CCCN(C)Cc1cc2ccccc2[nH]1. The molecule has 0 bridgehead atoms. The van der Waals surface area contributed by atoms with Crippen molar-refractivity contribution in [2.45, 2.75) is 33.7 Å². The van der Waals surface area contributed by atoms with Gasteiger partial charge >= 0.3 is 0 Å². The summed E-state index contributed by atoms with van der Waals surface area (Å²) >= 11 is 0. The molecule has 94 valence electrons. The Kier molecular flexibility index (Phi) is 5.78. The summed E-state index contributed by atoms with van der Waals surface area (Å²) in [6, 6.07) is 10.7. The number of benzene rings is 1. The van der Waals surface area contributed by atoms with Crippen molar-refractivity contribution in [3.63, 3.8) is 0 Å². The van der Waals surface area contributed by atoms with Gasteiger partial charge in [0.15, 0.2) is 0 Å². The van der Waals surface area contributed by atoms with Crippen molar-refractivity contribution in [1.29, 1.82) is 0 Å². The van der Waals surface area contributed by atoms with Crippen molar-refractivity contribution in [3.05, 3.63) is 36.0 Å². The number of nitrogens with one attached hydrogen (secondary N) is 1. The second-order valence-corrected chi connectivity index (χ2v) is 4.12. The monoisotopic (exact) mass is 232 g/mol. The maximum Gasteiger partial charge on any atom is 0.0456 e. The predicted octanol–water partition coefficient (Wildman–Crippen LogP) is 4.04. The normalized spacial score (nSPS) is 10.4. The van der Waals surface area contributed by atoms with E-state index < -0.39 is 0 Å². The molecule has 2 aromatic rings. The van der Waals surface area contributed by atoms with E-state index in [4.69, 9.17) is 0 Å². The van der Waals surface area contributed by atoms with Crippen LogP contribution >= 0.6 is 0 Å². The zero-order valence-corrected chi connectivity index (χ0v) is 11.5. The molecule has 1 N–H and O–H groups in total. The molecule has 0 atom stereocenters. The number of hydrogen-bond donors (Lipinski definition) is 1. The predicted molar refractivity (Wildman–Crippen MR) is 76.3 cm³/mol. The lowest BCUT2D eigenvalue weighted by Crippen LogP contribution is -2.18. The highest BCUT2D eigenvalue weighted by Gasteiger charge is 2.02. The number of aromatic amines is 1. The van der Waals surface area contributed by atoms with Crippen LogP contribution in [-0.2, 0) is 6.54 Å². The van der Waals surface area contributed by atoms with Gasteiger partial charge in [0.2, 0.25) is 0 Å². The summed E-state index contributed by atoms with van der Waals surface area (Å²) < 4.78 is 0. The highest BCUT2D eigenvalue weighted by molar-refractivity contribution is 5.80. The number of H-pyrrole nitrogens is 1. The molecular formula is C15H24N2. The van der Waals surface area contributed by atoms with Gasteiger partial charge in [0.05, 0.1) is 0 Å². The molecule has 0 unspecified atom stereocenters. The number of hydrogen-bond acceptors (Lipinski definition) is 1. The molecule has 0 amide bonds. The van der Waals surface area contributed by atoms with E-state index in [2.05, 4.69) is 54.2 Å². The van der Waals surface area contributed by atoms with Crippen LogP contribution in [-0.4, -0.2) is 23.5 Å².